The first-order valence-corrected chi connectivity index (χ1v) is 15.1. The van der Waals surface area contributed by atoms with Crippen molar-refractivity contribution in [3.8, 4) is 0 Å². The smallest absolute Gasteiger partial charge is 0.351 e. The van der Waals surface area contributed by atoms with E-state index in [9.17, 15) is 38.4 Å². The average molecular weight is 683 g/mol. The number of aryl methyl sites for hydroxylation is 2. The zero-order valence-electron chi connectivity index (χ0n) is 27.2. The molecule has 0 atom stereocenters. The molecule has 0 fully saturated rings. The van der Waals surface area contributed by atoms with Crippen molar-refractivity contribution in [3.63, 3.8) is 0 Å². The first-order valence-electron chi connectivity index (χ1n) is 15.1. The lowest BCUT2D eigenvalue weighted by atomic mass is 10.1. The van der Waals surface area contributed by atoms with Crippen molar-refractivity contribution >= 4 is 47.8 Å². The van der Waals surface area contributed by atoms with Crippen molar-refractivity contribution in [2.24, 2.45) is 0 Å². The summed E-state index contributed by atoms with van der Waals surface area (Å²) in [6.45, 7) is 2.66. The summed E-state index contributed by atoms with van der Waals surface area (Å²) in [5, 5.41) is 0. The average Bonchev–Trinajstić information content (AvgIpc) is 3.08. The van der Waals surface area contributed by atoms with E-state index in [4.69, 9.17) is 4.74 Å². The van der Waals surface area contributed by atoms with Crippen LogP contribution < -0.4 is 0 Å². The molecule has 2 aromatic rings. The van der Waals surface area contributed by atoms with Gasteiger partial charge in [0, 0.05) is 24.3 Å². The number of hydrogen-bond acceptors (Lipinski definition) is 14. The second-order valence-electron chi connectivity index (χ2n) is 9.36. The van der Waals surface area contributed by atoms with Gasteiger partial charge in [-0.3, -0.25) is 14.4 Å². The Morgan fingerprint density at radius 3 is 1.27 bits per heavy atom. The van der Waals surface area contributed by atoms with Gasteiger partial charge in [-0.2, -0.15) is 0 Å². The first-order chi connectivity index (χ1) is 23.5. The second kappa shape index (κ2) is 25.2. The standard InChI is InChI=1S/C18H20O7.C17H18O7/c1-2-23-15(19)10-11-16(20)24-13-12-18(22)25-17(21)9-8-14-6-4-3-5-7-14;1-2-22-14(18)10-11-15(19)23-12-17(21)24-16(20)9-8-13-6-4-3-5-7-13/h3-7,10-11H,2,8-9,12-13H2,1H3;3-7,10-11H,2,8-9,12H2,1H3/b2*11-10+. The Morgan fingerprint density at radius 1 is 0.469 bits per heavy atom. The molecule has 0 radical (unpaired) electrons. The highest BCUT2D eigenvalue weighted by Crippen LogP contribution is 2.05. The molecular weight excluding hydrogens is 644 g/mol. The molecule has 0 spiro atoms. The molecule has 49 heavy (non-hydrogen) atoms. The molecule has 262 valence electrons. The van der Waals surface area contributed by atoms with Gasteiger partial charge in [-0.15, -0.1) is 0 Å². The molecule has 0 aliphatic rings. The third kappa shape index (κ3) is 22.3. The quantitative estimate of drug-likeness (QED) is 0.102. The molecule has 0 bridgehead atoms. The third-order valence-corrected chi connectivity index (χ3v) is 5.54. The number of carbonyl (C=O) groups excluding carboxylic acids is 8. The largest absolute Gasteiger partial charge is 0.463 e. The first kappa shape index (κ1) is 41.1. The molecule has 0 saturated heterocycles. The fraction of sp³-hybridized carbons (Fsp3) is 0.314. The van der Waals surface area contributed by atoms with Crippen molar-refractivity contribution in [1.29, 1.82) is 0 Å². The van der Waals surface area contributed by atoms with Crippen LogP contribution in [0.15, 0.2) is 85.0 Å². The van der Waals surface area contributed by atoms with Crippen LogP contribution in [0.4, 0.5) is 0 Å². The number of hydrogen-bond donors (Lipinski definition) is 0. The summed E-state index contributed by atoms with van der Waals surface area (Å²) in [6.07, 6.45) is 4.30. The Hall–Kier alpha value is -5.92. The van der Waals surface area contributed by atoms with E-state index in [-0.39, 0.29) is 39.1 Å². The summed E-state index contributed by atoms with van der Waals surface area (Å²) >= 11 is 0. The minimum Gasteiger partial charge on any atom is -0.463 e. The van der Waals surface area contributed by atoms with Gasteiger partial charge < -0.3 is 28.4 Å². The van der Waals surface area contributed by atoms with Gasteiger partial charge in [0.2, 0.25) is 0 Å². The van der Waals surface area contributed by atoms with Gasteiger partial charge in [-0.05, 0) is 37.8 Å². The molecule has 2 aromatic carbocycles. The fourth-order valence-corrected chi connectivity index (χ4v) is 3.33. The van der Waals surface area contributed by atoms with Gasteiger partial charge >= 0.3 is 47.8 Å². The normalized spacial score (nSPS) is 10.2. The molecule has 14 heteroatoms. The monoisotopic (exact) mass is 682 g/mol. The molecular formula is C35H38O14. The van der Waals surface area contributed by atoms with Crippen LogP contribution in [0.25, 0.3) is 0 Å². The molecule has 0 saturated carbocycles. The lowest BCUT2D eigenvalue weighted by Crippen LogP contribution is -2.19. The van der Waals surface area contributed by atoms with Crippen molar-refractivity contribution in [3.05, 3.63) is 96.1 Å². The lowest BCUT2D eigenvalue weighted by Gasteiger charge is -2.04. The Morgan fingerprint density at radius 2 is 0.837 bits per heavy atom. The Labute approximate surface area is 282 Å². The zero-order valence-corrected chi connectivity index (χ0v) is 27.2. The second-order valence-corrected chi connectivity index (χ2v) is 9.36. The highest BCUT2D eigenvalue weighted by atomic mass is 16.6. The summed E-state index contributed by atoms with van der Waals surface area (Å²) in [5.41, 5.74) is 1.91. The van der Waals surface area contributed by atoms with Crippen molar-refractivity contribution in [2.75, 3.05) is 26.4 Å². The Kier molecular flexibility index (Phi) is 21.1. The van der Waals surface area contributed by atoms with Gasteiger partial charge in [0.05, 0.1) is 32.5 Å². The van der Waals surface area contributed by atoms with E-state index < -0.39 is 54.4 Å². The molecule has 0 amide bonds. The summed E-state index contributed by atoms with van der Waals surface area (Å²) < 4.78 is 27.5. The van der Waals surface area contributed by atoms with E-state index >= 15 is 0 Å². The maximum atomic E-state index is 11.5. The van der Waals surface area contributed by atoms with E-state index in [2.05, 4.69) is 23.7 Å². The summed E-state index contributed by atoms with van der Waals surface area (Å²) in [6, 6.07) is 18.6. The van der Waals surface area contributed by atoms with E-state index in [1.807, 2.05) is 60.7 Å². The van der Waals surface area contributed by atoms with Crippen molar-refractivity contribution in [1.82, 2.24) is 0 Å². The van der Waals surface area contributed by atoms with Crippen LogP contribution in [0.1, 0.15) is 44.2 Å². The Balaban J connectivity index is 0.000000490. The fourth-order valence-electron chi connectivity index (χ4n) is 3.33. The Bertz CT molecular complexity index is 1450. The van der Waals surface area contributed by atoms with Crippen LogP contribution in [0.3, 0.4) is 0 Å². The van der Waals surface area contributed by atoms with E-state index in [0.29, 0.717) is 12.8 Å². The summed E-state index contributed by atoms with van der Waals surface area (Å²) in [7, 11) is 0. The topological polar surface area (TPSA) is 192 Å². The molecule has 14 nitrogen and oxygen atoms in total. The minimum absolute atomic E-state index is 0.0342. The maximum Gasteiger partial charge on any atom is 0.351 e. The predicted molar refractivity (Wildman–Crippen MR) is 170 cm³/mol. The molecule has 0 aliphatic carbocycles. The van der Waals surface area contributed by atoms with Gasteiger partial charge in [0.1, 0.15) is 6.61 Å². The van der Waals surface area contributed by atoms with Gasteiger partial charge in [0.25, 0.3) is 0 Å². The molecule has 0 heterocycles. The van der Waals surface area contributed by atoms with Crippen molar-refractivity contribution in [2.45, 2.75) is 46.0 Å². The van der Waals surface area contributed by atoms with E-state index in [1.54, 1.807) is 13.8 Å². The summed E-state index contributed by atoms with van der Waals surface area (Å²) in [5.74, 6) is -6.18. The molecule has 0 aromatic heterocycles. The van der Waals surface area contributed by atoms with Gasteiger partial charge in [0.15, 0.2) is 6.61 Å². The van der Waals surface area contributed by atoms with Gasteiger partial charge in [-0.1, -0.05) is 60.7 Å². The van der Waals surface area contributed by atoms with Crippen LogP contribution in [0.2, 0.25) is 0 Å². The number of ether oxygens (including phenoxy) is 6. The molecule has 0 aliphatic heterocycles. The minimum atomic E-state index is -0.981. The third-order valence-electron chi connectivity index (χ3n) is 5.54. The number of rotatable bonds is 17. The van der Waals surface area contributed by atoms with Crippen LogP contribution >= 0.6 is 0 Å². The summed E-state index contributed by atoms with van der Waals surface area (Å²) in [4.78, 5) is 90.4. The number of benzene rings is 2. The highest BCUT2D eigenvalue weighted by Gasteiger charge is 2.13. The lowest BCUT2D eigenvalue weighted by molar-refractivity contribution is -0.166. The van der Waals surface area contributed by atoms with Crippen LogP contribution in [0.5, 0.6) is 0 Å². The molecule has 0 unspecified atom stereocenters. The number of carbonyl (C=O) groups is 8. The zero-order chi connectivity index (χ0) is 36.3. The van der Waals surface area contributed by atoms with Crippen molar-refractivity contribution < 1.29 is 66.8 Å². The van der Waals surface area contributed by atoms with E-state index in [1.165, 1.54) is 0 Å². The van der Waals surface area contributed by atoms with Crippen LogP contribution in [-0.4, -0.2) is 74.2 Å². The maximum absolute atomic E-state index is 11.5. The number of esters is 8. The molecule has 2 rings (SSSR count). The van der Waals surface area contributed by atoms with E-state index in [0.717, 1.165) is 35.4 Å². The van der Waals surface area contributed by atoms with Crippen LogP contribution in [0, 0.1) is 0 Å². The highest BCUT2D eigenvalue weighted by molar-refractivity contribution is 5.93. The van der Waals surface area contributed by atoms with Crippen LogP contribution in [-0.2, 0) is 79.6 Å². The molecule has 0 N–H and O–H groups in total. The SMILES string of the molecule is CCOC(=O)/C=C/C(=O)OCC(=O)OC(=O)CCc1ccccc1.CCOC(=O)/C=C/C(=O)OCCC(=O)OC(=O)CCc1ccccc1. The van der Waals surface area contributed by atoms with Gasteiger partial charge in [-0.25, -0.2) is 24.0 Å². The predicted octanol–water partition coefficient (Wildman–Crippen LogP) is 3.09.